The molecule has 1 aromatic heterocycles. The van der Waals surface area contributed by atoms with E-state index in [1.807, 2.05) is 12.1 Å². The Morgan fingerprint density at radius 3 is 3.00 bits per heavy atom. The zero-order chi connectivity index (χ0) is 20.8. The fourth-order valence-electron chi connectivity index (χ4n) is 3.21. The SMILES string of the molecule is COc1cccc(/C=C/C(=O)OCC(=O)Nc2sc3c(c2C#N)CC[C@@H](C)C3)c1. The maximum Gasteiger partial charge on any atom is 0.331 e. The molecule has 0 fully saturated rings. The monoisotopic (exact) mass is 410 g/mol. The smallest absolute Gasteiger partial charge is 0.331 e. The lowest BCUT2D eigenvalue weighted by Crippen LogP contribution is -2.20. The second-order valence-electron chi connectivity index (χ2n) is 6.93. The van der Waals surface area contributed by atoms with Gasteiger partial charge in [-0.3, -0.25) is 4.79 Å². The van der Waals surface area contributed by atoms with E-state index < -0.39 is 18.5 Å². The summed E-state index contributed by atoms with van der Waals surface area (Å²) in [7, 11) is 1.57. The number of amides is 1. The predicted molar refractivity (Wildman–Crippen MR) is 112 cm³/mol. The third-order valence-corrected chi connectivity index (χ3v) is 5.90. The molecule has 1 aliphatic carbocycles. The maximum atomic E-state index is 12.2. The van der Waals surface area contributed by atoms with Crippen LogP contribution >= 0.6 is 11.3 Å². The Bertz CT molecular complexity index is 987. The maximum absolute atomic E-state index is 12.2. The van der Waals surface area contributed by atoms with Crippen LogP contribution in [0.5, 0.6) is 5.75 Å². The van der Waals surface area contributed by atoms with E-state index in [0.29, 0.717) is 22.2 Å². The van der Waals surface area contributed by atoms with Crippen LogP contribution < -0.4 is 10.1 Å². The van der Waals surface area contributed by atoms with Gasteiger partial charge in [0, 0.05) is 11.0 Å². The lowest BCUT2D eigenvalue weighted by molar-refractivity contribution is -0.142. The van der Waals surface area contributed by atoms with Gasteiger partial charge in [-0.05, 0) is 54.5 Å². The van der Waals surface area contributed by atoms with Crippen molar-refractivity contribution in [3.05, 3.63) is 51.9 Å². The normalized spacial score (nSPS) is 15.4. The highest BCUT2D eigenvalue weighted by Gasteiger charge is 2.24. The zero-order valence-electron chi connectivity index (χ0n) is 16.4. The highest BCUT2D eigenvalue weighted by molar-refractivity contribution is 7.16. The van der Waals surface area contributed by atoms with Crippen molar-refractivity contribution in [1.82, 2.24) is 0 Å². The van der Waals surface area contributed by atoms with E-state index in [9.17, 15) is 14.9 Å². The molecule has 1 aromatic carbocycles. The van der Waals surface area contributed by atoms with Crippen molar-refractivity contribution in [2.24, 2.45) is 5.92 Å². The van der Waals surface area contributed by atoms with Gasteiger partial charge >= 0.3 is 5.97 Å². The molecule has 1 aliphatic rings. The molecule has 1 atom stereocenters. The number of fused-ring (bicyclic) bond motifs is 1. The van der Waals surface area contributed by atoms with E-state index in [0.717, 1.165) is 35.3 Å². The topological polar surface area (TPSA) is 88.4 Å². The van der Waals surface area contributed by atoms with Gasteiger partial charge in [-0.2, -0.15) is 5.26 Å². The molecule has 150 valence electrons. The molecule has 0 bridgehead atoms. The first-order valence-corrected chi connectivity index (χ1v) is 10.1. The van der Waals surface area contributed by atoms with Gasteiger partial charge in [0.15, 0.2) is 6.61 Å². The first-order chi connectivity index (χ1) is 14.0. The van der Waals surface area contributed by atoms with Crippen molar-refractivity contribution >= 4 is 34.3 Å². The Balaban J connectivity index is 1.55. The molecule has 0 aliphatic heterocycles. The molecule has 0 saturated heterocycles. The minimum absolute atomic E-state index is 0.412. The van der Waals surface area contributed by atoms with Crippen molar-refractivity contribution in [2.75, 3.05) is 19.0 Å². The summed E-state index contributed by atoms with van der Waals surface area (Å²) in [6, 6.07) is 9.42. The summed E-state index contributed by atoms with van der Waals surface area (Å²) >= 11 is 1.44. The fourth-order valence-corrected chi connectivity index (χ4v) is 4.59. The molecule has 29 heavy (non-hydrogen) atoms. The summed E-state index contributed by atoms with van der Waals surface area (Å²) in [4.78, 5) is 25.2. The number of carbonyl (C=O) groups is 2. The number of hydrogen-bond donors (Lipinski definition) is 1. The van der Waals surface area contributed by atoms with Gasteiger partial charge in [-0.1, -0.05) is 19.1 Å². The average molecular weight is 410 g/mol. The minimum atomic E-state index is -0.622. The first kappa shape index (κ1) is 20.6. The van der Waals surface area contributed by atoms with Crippen LogP contribution in [0.3, 0.4) is 0 Å². The predicted octanol–water partition coefficient (Wildman–Crippen LogP) is 3.95. The van der Waals surface area contributed by atoms with Gasteiger partial charge in [0.25, 0.3) is 5.91 Å². The summed E-state index contributed by atoms with van der Waals surface area (Å²) in [6.07, 6.45) is 5.67. The third-order valence-electron chi connectivity index (χ3n) is 4.73. The van der Waals surface area contributed by atoms with Gasteiger partial charge in [-0.25, -0.2) is 4.79 Å². The molecule has 1 amide bonds. The van der Waals surface area contributed by atoms with Gasteiger partial charge in [-0.15, -0.1) is 11.3 Å². The second-order valence-corrected chi connectivity index (χ2v) is 8.04. The molecule has 7 heteroatoms. The number of thiophene rings is 1. The third kappa shape index (κ3) is 5.24. The Hall–Kier alpha value is -3.11. The Morgan fingerprint density at radius 2 is 2.24 bits per heavy atom. The number of esters is 1. The Kier molecular flexibility index (Phi) is 6.68. The van der Waals surface area contributed by atoms with Gasteiger partial charge in [0.1, 0.15) is 16.8 Å². The number of nitrogens with one attached hydrogen (secondary N) is 1. The molecular weight excluding hydrogens is 388 g/mol. The number of nitriles is 1. The van der Waals surface area contributed by atoms with Crippen LogP contribution in [0.15, 0.2) is 30.3 Å². The number of ether oxygens (including phenoxy) is 2. The summed E-state index contributed by atoms with van der Waals surface area (Å²) in [5.41, 5.74) is 2.36. The molecule has 0 saturated carbocycles. The molecule has 6 nitrogen and oxygen atoms in total. The van der Waals surface area contributed by atoms with E-state index in [-0.39, 0.29) is 0 Å². The van der Waals surface area contributed by atoms with E-state index in [4.69, 9.17) is 9.47 Å². The van der Waals surface area contributed by atoms with Gasteiger partial charge in [0.2, 0.25) is 0 Å². The Morgan fingerprint density at radius 1 is 1.41 bits per heavy atom. The average Bonchev–Trinajstić information content (AvgIpc) is 3.06. The highest BCUT2D eigenvalue weighted by atomic mass is 32.1. The minimum Gasteiger partial charge on any atom is -0.497 e. The van der Waals surface area contributed by atoms with Crippen LogP contribution in [0, 0.1) is 17.2 Å². The summed E-state index contributed by atoms with van der Waals surface area (Å²) in [5, 5.41) is 12.7. The van der Waals surface area contributed by atoms with E-state index in [1.165, 1.54) is 17.4 Å². The number of benzene rings is 1. The van der Waals surface area contributed by atoms with Crippen LogP contribution in [0.4, 0.5) is 5.00 Å². The van der Waals surface area contributed by atoms with Crippen LogP contribution in [-0.2, 0) is 27.2 Å². The molecule has 1 N–H and O–H groups in total. The summed E-state index contributed by atoms with van der Waals surface area (Å²) in [5.74, 6) is 0.175. The molecule has 0 spiro atoms. The number of anilines is 1. The second kappa shape index (κ2) is 9.39. The Labute approximate surface area is 173 Å². The molecule has 0 radical (unpaired) electrons. The quantitative estimate of drug-likeness (QED) is 0.575. The van der Waals surface area contributed by atoms with Gasteiger partial charge < -0.3 is 14.8 Å². The zero-order valence-corrected chi connectivity index (χ0v) is 17.2. The number of nitrogens with zero attached hydrogens (tertiary/aromatic N) is 1. The van der Waals surface area contributed by atoms with E-state index >= 15 is 0 Å². The van der Waals surface area contributed by atoms with Gasteiger partial charge in [0.05, 0.1) is 12.7 Å². The van der Waals surface area contributed by atoms with Crippen molar-refractivity contribution in [3.63, 3.8) is 0 Å². The lowest BCUT2D eigenvalue weighted by atomic mass is 9.89. The van der Waals surface area contributed by atoms with Crippen LogP contribution in [-0.4, -0.2) is 25.6 Å². The molecule has 3 rings (SSSR count). The molecular formula is C22H22N2O4S. The number of carbonyl (C=O) groups excluding carboxylic acids is 2. The fraction of sp³-hybridized carbons (Fsp3) is 0.318. The molecule has 1 heterocycles. The number of rotatable bonds is 6. The summed E-state index contributed by atoms with van der Waals surface area (Å²) in [6.45, 7) is 1.77. The van der Waals surface area contributed by atoms with E-state index in [1.54, 1.807) is 25.3 Å². The standard InChI is InChI=1S/C22H22N2O4S/c1-14-6-8-17-18(12-23)22(29-19(17)10-14)24-20(25)13-28-21(26)9-7-15-4-3-5-16(11-15)27-2/h3-5,7,9,11,14H,6,8,10,13H2,1-2H3,(H,24,25)/b9-7+/t14-/m1/s1. The van der Waals surface area contributed by atoms with E-state index in [2.05, 4.69) is 18.3 Å². The van der Waals surface area contributed by atoms with Crippen LogP contribution in [0.1, 0.15) is 34.9 Å². The number of methoxy groups -OCH3 is 1. The molecule has 2 aromatic rings. The van der Waals surface area contributed by atoms with Crippen LogP contribution in [0.25, 0.3) is 6.08 Å². The highest BCUT2D eigenvalue weighted by Crippen LogP contribution is 2.39. The van der Waals surface area contributed by atoms with Crippen molar-refractivity contribution < 1.29 is 19.1 Å². The largest absolute Gasteiger partial charge is 0.497 e. The van der Waals surface area contributed by atoms with Crippen molar-refractivity contribution in [3.8, 4) is 11.8 Å². The van der Waals surface area contributed by atoms with Crippen molar-refractivity contribution in [2.45, 2.75) is 26.2 Å². The van der Waals surface area contributed by atoms with Crippen LogP contribution in [0.2, 0.25) is 0 Å². The summed E-state index contributed by atoms with van der Waals surface area (Å²) < 4.78 is 10.1. The van der Waals surface area contributed by atoms with Crippen molar-refractivity contribution in [1.29, 1.82) is 5.26 Å². The number of hydrogen-bond acceptors (Lipinski definition) is 6. The lowest BCUT2D eigenvalue weighted by Gasteiger charge is -2.17. The first-order valence-electron chi connectivity index (χ1n) is 9.33. The molecule has 0 unspecified atom stereocenters.